The Balaban J connectivity index is 2.06. The van der Waals surface area contributed by atoms with Crippen LogP contribution < -0.4 is 0 Å². The third kappa shape index (κ3) is 2.75. The van der Waals surface area contributed by atoms with E-state index in [4.69, 9.17) is 0 Å². The first-order chi connectivity index (χ1) is 8.35. The second-order valence-corrected chi connectivity index (χ2v) is 9.38. The number of nitrogens with zero attached hydrogens (tertiary/aromatic N) is 1. The monoisotopic (exact) mass is 295 g/mol. The van der Waals surface area contributed by atoms with Crippen LogP contribution in [-0.4, -0.2) is 57.3 Å². The van der Waals surface area contributed by atoms with Crippen molar-refractivity contribution in [1.82, 2.24) is 4.31 Å². The minimum atomic E-state index is -3.53. The Morgan fingerprint density at radius 3 is 2.17 bits per heavy atom. The van der Waals surface area contributed by atoms with E-state index in [2.05, 4.69) is 0 Å². The zero-order chi connectivity index (χ0) is 13.4. The maximum Gasteiger partial charge on any atom is 0.218 e. The summed E-state index contributed by atoms with van der Waals surface area (Å²) in [6.07, 6.45) is 2.12. The number of aldehydes is 1. The third-order valence-electron chi connectivity index (χ3n) is 3.66. The molecule has 0 bridgehead atoms. The van der Waals surface area contributed by atoms with Crippen LogP contribution in [0.15, 0.2) is 0 Å². The van der Waals surface area contributed by atoms with E-state index in [1.165, 1.54) is 4.31 Å². The Hall–Kier alpha value is -0.470. The topological polar surface area (TPSA) is 88.6 Å². The molecule has 6 nitrogen and oxygen atoms in total. The number of carbonyl (C=O) groups is 1. The van der Waals surface area contributed by atoms with Gasteiger partial charge in [0.15, 0.2) is 9.84 Å². The van der Waals surface area contributed by atoms with Gasteiger partial charge in [0.1, 0.15) is 6.29 Å². The van der Waals surface area contributed by atoms with Crippen LogP contribution in [-0.2, 0) is 24.7 Å². The molecule has 8 heteroatoms. The lowest BCUT2D eigenvalue weighted by atomic mass is 10.0. The van der Waals surface area contributed by atoms with Gasteiger partial charge >= 0.3 is 0 Å². The van der Waals surface area contributed by atoms with Crippen molar-refractivity contribution < 1.29 is 21.6 Å². The summed E-state index contributed by atoms with van der Waals surface area (Å²) in [5.41, 5.74) is 0. The van der Waals surface area contributed by atoms with Crippen molar-refractivity contribution >= 4 is 26.1 Å². The van der Waals surface area contributed by atoms with E-state index in [0.717, 1.165) is 6.29 Å². The molecule has 0 amide bonds. The molecule has 2 rings (SSSR count). The average molecular weight is 295 g/mol. The second kappa shape index (κ2) is 4.90. The Bertz CT molecular complexity index is 516. The highest BCUT2D eigenvalue weighted by molar-refractivity contribution is 7.95. The highest BCUT2D eigenvalue weighted by atomic mass is 32.2. The molecule has 0 aliphatic carbocycles. The molecule has 0 spiro atoms. The summed E-state index contributed by atoms with van der Waals surface area (Å²) in [6, 6.07) is 0. The summed E-state index contributed by atoms with van der Waals surface area (Å²) in [5.74, 6) is -0.367. The Morgan fingerprint density at radius 1 is 1.11 bits per heavy atom. The van der Waals surface area contributed by atoms with Crippen LogP contribution in [0.3, 0.4) is 0 Å². The number of hydrogen-bond donors (Lipinski definition) is 0. The van der Waals surface area contributed by atoms with E-state index in [9.17, 15) is 21.6 Å². The fourth-order valence-corrected chi connectivity index (χ4v) is 7.03. The van der Waals surface area contributed by atoms with Crippen LogP contribution in [0.2, 0.25) is 0 Å². The van der Waals surface area contributed by atoms with Gasteiger partial charge in [0.25, 0.3) is 0 Å². The summed E-state index contributed by atoms with van der Waals surface area (Å²) in [5, 5.41) is -0.796. The number of sulfone groups is 1. The van der Waals surface area contributed by atoms with E-state index in [0.29, 0.717) is 25.9 Å². The van der Waals surface area contributed by atoms with Crippen LogP contribution in [0.5, 0.6) is 0 Å². The normalized spacial score (nSPS) is 30.3. The maximum absolute atomic E-state index is 12.2. The molecular formula is C10H17NO5S2. The third-order valence-corrected chi connectivity index (χ3v) is 7.97. The molecule has 18 heavy (non-hydrogen) atoms. The fourth-order valence-electron chi connectivity index (χ4n) is 2.47. The summed E-state index contributed by atoms with van der Waals surface area (Å²) < 4.78 is 48.5. The van der Waals surface area contributed by atoms with Crippen LogP contribution in [0.1, 0.15) is 19.3 Å². The summed E-state index contributed by atoms with van der Waals surface area (Å²) >= 11 is 0. The van der Waals surface area contributed by atoms with Crippen molar-refractivity contribution in [3.63, 3.8) is 0 Å². The molecular weight excluding hydrogens is 278 g/mol. The average Bonchev–Trinajstić information content (AvgIpc) is 2.70. The standard InChI is InChI=1S/C10H17NO5S2/c12-7-9-1-4-11(5-2-9)18(15,16)10-3-6-17(13,14)8-10/h7,9-10H,1-6,8H2. The zero-order valence-electron chi connectivity index (χ0n) is 9.99. The molecule has 1 unspecified atom stereocenters. The number of hydrogen-bond acceptors (Lipinski definition) is 5. The minimum absolute atomic E-state index is 0.0400. The highest BCUT2D eigenvalue weighted by Gasteiger charge is 2.41. The van der Waals surface area contributed by atoms with E-state index in [1.54, 1.807) is 0 Å². The van der Waals surface area contributed by atoms with Gasteiger partial charge in [-0.25, -0.2) is 21.1 Å². The van der Waals surface area contributed by atoms with Crippen LogP contribution in [0, 0.1) is 5.92 Å². The van der Waals surface area contributed by atoms with Gasteiger partial charge in [0.05, 0.1) is 16.8 Å². The van der Waals surface area contributed by atoms with Gasteiger partial charge in [-0.05, 0) is 19.3 Å². The van der Waals surface area contributed by atoms with Crippen molar-refractivity contribution in [2.45, 2.75) is 24.5 Å². The first-order valence-corrected chi connectivity index (χ1v) is 9.32. The van der Waals surface area contributed by atoms with Gasteiger partial charge in [-0.2, -0.15) is 0 Å². The van der Waals surface area contributed by atoms with E-state index in [1.807, 2.05) is 0 Å². The fraction of sp³-hybridized carbons (Fsp3) is 0.900. The largest absolute Gasteiger partial charge is 0.303 e. The molecule has 2 heterocycles. The number of rotatable bonds is 3. The van der Waals surface area contributed by atoms with Crippen LogP contribution in [0.25, 0.3) is 0 Å². The van der Waals surface area contributed by atoms with Gasteiger partial charge in [0, 0.05) is 19.0 Å². The molecule has 1 atom stereocenters. The molecule has 0 saturated carbocycles. The Kier molecular flexibility index (Phi) is 3.80. The van der Waals surface area contributed by atoms with E-state index < -0.39 is 25.1 Å². The molecule has 0 radical (unpaired) electrons. The first kappa shape index (κ1) is 14.0. The van der Waals surface area contributed by atoms with Crippen LogP contribution in [0.4, 0.5) is 0 Å². The van der Waals surface area contributed by atoms with Crippen LogP contribution >= 0.6 is 0 Å². The predicted molar refractivity (Wildman–Crippen MR) is 66.3 cm³/mol. The molecule has 0 aromatic carbocycles. The summed E-state index contributed by atoms with van der Waals surface area (Å²) in [4.78, 5) is 10.6. The lowest BCUT2D eigenvalue weighted by molar-refractivity contribution is -0.112. The van der Waals surface area contributed by atoms with Crippen molar-refractivity contribution in [2.75, 3.05) is 24.6 Å². The van der Waals surface area contributed by atoms with Crippen molar-refractivity contribution in [1.29, 1.82) is 0 Å². The molecule has 0 aromatic rings. The molecule has 104 valence electrons. The van der Waals surface area contributed by atoms with Gasteiger partial charge in [-0.15, -0.1) is 0 Å². The summed E-state index contributed by atoms with van der Waals surface area (Å²) in [7, 11) is -6.72. The van der Waals surface area contributed by atoms with Crippen molar-refractivity contribution in [3.8, 4) is 0 Å². The number of piperidine rings is 1. The smallest absolute Gasteiger partial charge is 0.218 e. The van der Waals surface area contributed by atoms with Gasteiger partial charge in [-0.3, -0.25) is 0 Å². The van der Waals surface area contributed by atoms with Crippen molar-refractivity contribution in [3.05, 3.63) is 0 Å². The highest BCUT2D eigenvalue weighted by Crippen LogP contribution is 2.25. The van der Waals surface area contributed by atoms with Gasteiger partial charge < -0.3 is 4.79 Å². The molecule has 2 aliphatic rings. The molecule has 2 saturated heterocycles. The number of carbonyl (C=O) groups excluding carboxylic acids is 1. The lowest BCUT2D eigenvalue weighted by Crippen LogP contribution is -2.44. The first-order valence-electron chi connectivity index (χ1n) is 6.00. The SMILES string of the molecule is O=CC1CCN(S(=O)(=O)C2CCS(=O)(=O)C2)CC1. The minimum Gasteiger partial charge on any atom is -0.303 e. The summed E-state index contributed by atoms with van der Waals surface area (Å²) in [6.45, 7) is 0.643. The quantitative estimate of drug-likeness (QED) is 0.650. The van der Waals surface area contributed by atoms with Crippen molar-refractivity contribution in [2.24, 2.45) is 5.92 Å². The molecule has 0 N–H and O–H groups in total. The Labute approximate surface area is 107 Å². The molecule has 0 aromatic heterocycles. The second-order valence-electron chi connectivity index (χ2n) is 4.94. The van der Waals surface area contributed by atoms with E-state index in [-0.39, 0.29) is 23.8 Å². The lowest BCUT2D eigenvalue weighted by Gasteiger charge is -2.30. The van der Waals surface area contributed by atoms with E-state index >= 15 is 0 Å². The molecule has 2 fully saturated rings. The van der Waals surface area contributed by atoms with Gasteiger partial charge in [0.2, 0.25) is 10.0 Å². The molecule has 2 aliphatic heterocycles. The Morgan fingerprint density at radius 2 is 1.72 bits per heavy atom. The predicted octanol–water partition coefficient (Wildman–Crippen LogP) is -0.586. The number of sulfonamides is 1. The zero-order valence-corrected chi connectivity index (χ0v) is 11.6. The van der Waals surface area contributed by atoms with Gasteiger partial charge in [-0.1, -0.05) is 0 Å². The maximum atomic E-state index is 12.2.